The minimum atomic E-state index is 0.560. The number of rotatable bonds is 3. The van der Waals surface area contributed by atoms with E-state index in [0.717, 1.165) is 30.5 Å². The molecule has 116 valence electrons. The lowest BCUT2D eigenvalue weighted by Crippen LogP contribution is -2.33. The fraction of sp³-hybridized carbons (Fsp3) is 0.471. The zero-order chi connectivity index (χ0) is 15.5. The van der Waals surface area contributed by atoms with Crippen molar-refractivity contribution in [2.75, 3.05) is 23.3 Å². The maximum Gasteiger partial charge on any atom is 0.249 e. The van der Waals surface area contributed by atoms with Gasteiger partial charge in [0, 0.05) is 18.8 Å². The van der Waals surface area contributed by atoms with Crippen LogP contribution in [0.2, 0.25) is 0 Å². The van der Waals surface area contributed by atoms with Crippen LogP contribution in [0, 0.1) is 19.8 Å². The van der Waals surface area contributed by atoms with Gasteiger partial charge in [-0.15, -0.1) is 5.10 Å². The lowest BCUT2D eigenvalue weighted by Gasteiger charge is -2.30. The van der Waals surface area contributed by atoms with Crippen LogP contribution in [0.5, 0.6) is 0 Å². The third-order valence-corrected chi connectivity index (χ3v) is 4.29. The van der Waals surface area contributed by atoms with Crippen LogP contribution < -0.4 is 10.2 Å². The molecule has 0 spiro atoms. The van der Waals surface area contributed by atoms with Crippen LogP contribution in [0.3, 0.4) is 0 Å². The van der Waals surface area contributed by atoms with Gasteiger partial charge in [0.2, 0.25) is 5.95 Å². The van der Waals surface area contributed by atoms with Crippen molar-refractivity contribution in [2.24, 2.45) is 5.92 Å². The van der Waals surface area contributed by atoms with Crippen LogP contribution in [-0.4, -0.2) is 28.3 Å². The van der Waals surface area contributed by atoms with E-state index in [9.17, 15) is 0 Å². The number of nitrogens with one attached hydrogen (secondary N) is 1. The molecule has 0 atom stereocenters. The molecule has 1 aromatic carbocycles. The number of hydrogen-bond donors (Lipinski definition) is 1. The van der Waals surface area contributed by atoms with Gasteiger partial charge in [0.15, 0.2) is 5.82 Å². The minimum Gasteiger partial charge on any atom is -0.355 e. The van der Waals surface area contributed by atoms with Crippen LogP contribution in [0.4, 0.5) is 17.5 Å². The number of hydrogen-bond acceptors (Lipinski definition) is 5. The first kappa shape index (κ1) is 14.8. The number of piperidine rings is 1. The van der Waals surface area contributed by atoms with Gasteiger partial charge >= 0.3 is 0 Å². The van der Waals surface area contributed by atoms with E-state index in [0.29, 0.717) is 5.95 Å². The quantitative estimate of drug-likeness (QED) is 0.940. The van der Waals surface area contributed by atoms with Crippen molar-refractivity contribution in [3.05, 3.63) is 35.5 Å². The van der Waals surface area contributed by atoms with Crippen LogP contribution >= 0.6 is 0 Å². The van der Waals surface area contributed by atoms with Gasteiger partial charge in [-0.1, -0.05) is 19.1 Å². The highest BCUT2D eigenvalue weighted by molar-refractivity contribution is 5.59. The Morgan fingerprint density at radius 1 is 1.18 bits per heavy atom. The smallest absolute Gasteiger partial charge is 0.249 e. The molecule has 5 heteroatoms. The fourth-order valence-corrected chi connectivity index (χ4v) is 2.73. The van der Waals surface area contributed by atoms with Gasteiger partial charge in [-0.25, -0.2) is 0 Å². The zero-order valence-corrected chi connectivity index (χ0v) is 13.5. The molecule has 0 amide bonds. The summed E-state index contributed by atoms with van der Waals surface area (Å²) < 4.78 is 0. The third-order valence-electron chi connectivity index (χ3n) is 4.29. The molecule has 0 saturated carbocycles. The zero-order valence-electron chi connectivity index (χ0n) is 13.5. The maximum atomic E-state index is 4.63. The second-order valence-electron chi connectivity index (χ2n) is 6.25. The van der Waals surface area contributed by atoms with Gasteiger partial charge in [-0.3, -0.25) is 0 Å². The van der Waals surface area contributed by atoms with Crippen molar-refractivity contribution < 1.29 is 0 Å². The largest absolute Gasteiger partial charge is 0.355 e. The molecule has 2 aromatic rings. The van der Waals surface area contributed by atoms with Crippen molar-refractivity contribution in [1.29, 1.82) is 0 Å². The summed E-state index contributed by atoms with van der Waals surface area (Å²) in [7, 11) is 0. The normalized spacial score (nSPS) is 15.9. The lowest BCUT2D eigenvalue weighted by atomic mass is 9.99. The molecule has 0 bridgehead atoms. The van der Waals surface area contributed by atoms with Gasteiger partial charge in [-0.2, -0.15) is 10.1 Å². The molecular weight excluding hydrogens is 274 g/mol. The number of aromatic nitrogens is 3. The van der Waals surface area contributed by atoms with Gasteiger partial charge in [0.25, 0.3) is 0 Å². The highest BCUT2D eigenvalue weighted by atomic mass is 15.3. The summed E-state index contributed by atoms with van der Waals surface area (Å²) in [5, 5.41) is 11.5. The second-order valence-corrected chi connectivity index (χ2v) is 6.25. The highest BCUT2D eigenvalue weighted by Gasteiger charge is 2.17. The molecule has 2 heterocycles. The Balaban J connectivity index is 1.78. The number of nitrogens with zero attached hydrogens (tertiary/aromatic N) is 4. The molecule has 1 N–H and O–H groups in total. The Morgan fingerprint density at radius 2 is 1.95 bits per heavy atom. The van der Waals surface area contributed by atoms with Crippen molar-refractivity contribution in [3.63, 3.8) is 0 Å². The molecule has 3 rings (SSSR count). The Hall–Kier alpha value is -2.17. The van der Waals surface area contributed by atoms with E-state index in [1.54, 1.807) is 6.20 Å². The van der Waals surface area contributed by atoms with E-state index >= 15 is 0 Å². The van der Waals surface area contributed by atoms with E-state index in [1.807, 2.05) is 0 Å². The van der Waals surface area contributed by atoms with Crippen LogP contribution in [0.1, 0.15) is 30.9 Å². The topological polar surface area (TPSA) is 53.9 Å². The first-order valence-corrected chi connectivity index (χ1v) is 7.91. The molecule has 22 heavy (non-hydrogen) atoms. The maximum absolute atomic E-state index is 4.63. The fourth-order valence-electron chi connectivity index (χ4n) is 2.73. The van der Waals surface area contributed by atoms with E-state index in [4.69, 9.17) is 0 Å². The Morgan fingerprint density at radius 3 is 2.73 bits per heavy atom. The molecule has 1 aliphatic heterocycles. The predicted molar refractivity (Wildman–Crippen MR) is 89.6 cm³/mol. The van der Waals surface area contributed by atoms with Crippen molar-refractivity contribution in [3.8, 4) is 0 Å². The third kappa shape index (κ3) is 3.35. The van der Waals surface area contributed by atoms with Gasteiger partial charge in [0.05, 0.1) is 6.20 Å². The van der Waals surface area contributed by atoms with E-state index in [1.165, 1.54) is 24.0 Å². The molecule has 0 unspecified atom stereocenters. The molecule has 1 aromatic heterocycles. The van der Waals surface area contributed by atoms with Crippen molar-refractivity contribution in [2.45, 2.75) is 33.6 Å². The van der Waals surface area contributed by atoms with Crippen LogP contribution in [0.25, 0.3) is 0 Å². The Kier molecular flexibility index (Phi) is 4.22. The average molecular weight is 297 g/mol. The summed E-state index contributed by atoms with van der Waals surface area (Å²) in [6, 6.07) is 6.31. The van der Waals surface area contributed by atoms with E-state index in [-0.39, 0.29) is 0 Å². The van der Waals surface area contributed by atoms with Gasteiger partial charge in [0.1, 0.15) is 0 Å². The molecule has 1 fully saturated rings. The number of aryl methyl sites for hydroxylation is 2. The minimum absolute atomic E-state index is 0.560. The van der Waals surface area contributed by atoms with Crippen LogP contribution in [-0.2, 0) is 0 Å². The molecule has 0 radical (unpaired) electrons. The molecule has 1 saturated heterocycles. The Labute approximate surface area is 131 Å². The lowest BCUT2D eigenvalue weighted by molar-refractivity contribution is 0.436. The first-order chi connectivity index (χ1) is 10.6. The van der Waals surface area contributed by atoms with Crippen LogP contribution in [0.15, 0.2) is 24.4 Å². The number of benzene rings is 1. The standard InChI is InChI=1S/C17H23N5/c1-12-6-8-22(9-7-12)16-11-18-21-17(20-16)19-15-10-13(2)4-5-14(15)3/h4-5,10-12H,6-9H2,1-3H3,(H,19,20,21). The Bertz CT molecular complexity index is 647. The summed E-state index contributed by atoms with van der Waals surface area (Å²) >= 11 is 0. The highest BCUT2D eigenvalue weighted by Crippen LogP contribution is 2.23. The van der Waals surface area contributed by atoms with Gasteiger partial charge < -0.3 is 10.2 Å². The summed E-state index contributed by atoms with van der Waals surface area (Å²) in [4.78, 5) is 6.92. The summed E-state index contributed by atoms with van der Waals surface area (Å²) in [6.07, 6.45) is 4.18. The summed E-state index contributed by atoms with van der Waals surface area (Å²) in [6.45, 7) is 8.55. The summed E-state index contributed by atoms with van der Waals surface area (Å²) in [5.74, 6) is 2.28. The van der Waals surface area contributed by atoms with Crippen molar-refractivity contribution >= 4 is 17.5 Å². The van der Waals surface area contributed by atoms with E-state index < -0.39 is 0 Å². The first-order valence-electron chi connectivity index (χ1n) is 7.91. The average Bonchev–Trinajstić information content (AvgIpc) is 2.52. The molecule has 0 aliphatic carbocycles. The SMILES string of the molecule is Cc1ccc(C)c(Nc2nncc(N3CCC(C)CC3)n2)c1. The molecule has 1 aliphatic rings. The molecule has 5 nitrogen and oxygen atoms in total. The summed E-state index contributed by atoms with van der Waals surface area (Å²) in [5.41, 5.74) is 3.42. The predicted octanol–water partition coefficient (Wildman–Crippen LogP) is 3.47. The van der Waals surface area contributed by atoms with Crippen molar-refractivity contribution in [1.82, 2.24) is 15.2 Å². The second kappa shape index (κ2) is 6.30. The number of anilines is 3. The molecular formula is C17H23N5. The van der Waals surface area contributed by atoms with E-state index in [2.05, 4.69) is 64.4 Å². The van der Waals surface area contributed by atoms with Gasteiger partial charge in [-0.05, 0) is 49.8 Å². The monoisotopic (exact) mass is 297 g/mol.